The predicted molar refractivity (Wildman–Crippen MR) is 105 cm³/mol. The van der Waals surface area contributed by atoms with E-state index in [0.29, 0.717) is 13.0 Å². The molecule has 1 aromatic heterocycles. The van der Waals surface area contributed by atoms with E-state index in [1.54, 1.807) is 4.90 Å². The molecule has 0 unspecified atom stereocenters. The molecule has 2 aromatic carbocycles. The number of nitrogens with zero attached hydrogens (tertiary/aromatic N) is 1. The highest BCUT2D eigenvalue weighted by Gasteiger charge is 2.31. The second kappa shape index (κ2) is 7.44. The van der Waals surface area contributed by atoms with E-state index in [0.717, 1.165) is 22.4 Å². The summed E-state index contributed by atoms with van der Waals surface area (Å²) < 4.78 is 0. The van der Waals surface area contributed by atoms with Crippen molar-refractivity contribution >= 4 is 16.7 Å². The molecule has 2 atom stereocenters. The van der Waals surface area contributed by atoms with Crippen LogP contribution in [0.5, 0.6) is 0 Å². The topological polar surface area (TPSA) is 106 Å². The minimum Gasteiger partial charge on any atom is -0.391 e. The lowest BCUT2D eigenvalue weighted by molar-refractivity contribution is -0.134. The molecule has 7 nitrogen and oxygen atoms in total. The number of aliphatic hydroxyl groups is 1. The average molecular weight is 379 g/mol. The molecule has 0 spiro atoms. The third-order valence-corrected chi connectivity index (χ3v) is 5.37. The maximum atomic E-state index is 12.5. The van der Waals surface area contributed by atoms with Crippen molar-refractivity contribution in [3.8, 4) is 0 Å². The Hall–Kier alpha value is -3.19. The van der Waals surface area contributed by atoms with Gasteiger partial charge >= 0.3 is 0 Å². The fourth-order valence-corrected chi connectivity index (χ4v) is 3.85. The summed E-state index contributed by atoms with van der Waals surface area (Å²) >= 11 is 0. The van der Waals surface area contributed by atoms with Crippen LogP contribution in [0.15, 0.2) is 58.1 Å². The van der Waals surface area contributed by atoms with Crippen molar-refractivity contribution in [2.45, 2.75) is 24.9 Å². The summed E-state index contributed by atoms with van der Waals surface area (Å²) in [6.07, 6.45) is -0.208. The number of β-amino-alcohol motifs (C(OH)–C–C–N with tert-alkyl or cyclic N) is 1. The summed E-state index contributed by atoms with van der Waals surface area (Å²) in [5.41, 5.74) is 0.237. The number of aliphatic hydroxyl groups excluding tert-OH is 1. The fraction of sp³-hybridized carbons (Fsp3) is 0.286. The van der Waals surface area contributed by atoms with E-state index in [4.69, 9.17) is 0 Å². The number of piperidine rings is 1. The van der Waals surface area contributed by atoms with Crippen LogP contribution in [0, 0.1) is 0 Å². The highest BCUT2D eigenvalue weighted by Crippen LogP contribution is 2.30. The number of hydrogen-bond donors (Lipinski definition) is 3. The highest BCUT2D eigenvalue weighted by atomic mass is 16.3. The van der Waals surface area contributed by atoms with Gasteiger partial charge in [0.2, 0.25) is 5.91 Å². The number of nitrogens with one attached hydrogen (secondary N) is 2. The largest absolute Gasteiger partial charge is 0.391 e. The van der Waals surface area contributed by atoms with Crippen LogP contribution in [0.1, 0.15) is 23.5 Å². The molecule has 1 saturated heterocycles. The summed E-state index contributed by atoms with van der Waals surface area (Å²) in [5, 5.41) is 17.3. The van der Waals surface area contributed by atoms with Gasteiger partial charge in [-0.3, -0.25) is 24.6 Å². The van der Waals surface area contributed by atoms with Crippen molar-refractivity contribution in [3.63, 3.8) is 0 Å². The number of carbonyl (C=O) groups is 1. The van der Waals surface area contributed by atoms with Gasteiger partial charge < -0.3 is 10.0 Å². The normalized spacial score (nSPS) is 19.7. The maximum absolute atomic E-state index is 12.5. The minimum atomic E-state index is -0.684. The van der Waals surface area contributed by atoms with E-state index in [1.807, 2.05) is 36.4 Å². The number of rotatable bonds is 3. The number of likely N-dealkylation sites (tertiary alicyclic amines) is 1. The quantitative estimate of drug-likeness (QED) is 0.634. The first kappa shape index (κ1) is 18.2. The Bertz CT molecular complexity index is 1130. The van der Waals surface area contributed by atoms with Crippen molar-refractivity contribution in [1.82, 2.24) is 15.1 Å². The number of fused-ring (bicyclic) bond motifs is 1. The molecule has 7 heteroatoms. The van der Waals surface area contributed by atoms with Gasteiger partial charge in [-0.1, -0.05) is 42.5 Å². The number of H-pyrrole nitrogens is 2. The van der Waals surface area contributed by atoms with E-state index in [9.17, 15) is 19.5 Å². The number of amides is 1. The number of aromatic nitrogens is 2. The summed E-state index contributed by atoms with van der Waals surface area (Å²) in [6, 6.07) is 15.4. The lowest BCUT2D eigenvalue weighted by Gasteiger charge is -2.36. The average Bonchev–Trinajstić information content (AvgIpc) is 2.70. The zero-order valence-corrected chi connectivity index (χ0v) is 15.2. The molecule has 1 aliphatic heterocycles. The van der Waals surface area contributed by atoms with Crippen LogP contribution in [0.2, 0.25) is 0 Å². The standard InChI is InChI=1S/C21H21N3O4/c25-18-12-24(20(27)11-16-10-19(26)22-23-21(16)28)8-7-17(18)15-6-5-13-3-1-2-4-14(13)9-15/h1-6,9-10,17-18,25H,7-8,11-12H2,(H,22,26)(H,23,28)/t17-,18+/m0/s1. The Labute approximate surface area is 160 Å². The van der Waals surface area contributed by atoms with Gasteiger partial charge in [0, 0.05) is 30.6 Å². The molecule has 1 fully saturated rings. The van der Waals surface area contributed by atoms with Crippen molar-refractivity contribution in [3.05, 3.63) is 80.4 Å². The number of benzene rings is 2. The summed E-state index contributed by atoms with van der Waals surface area (Å²) in [7, 11) is 0. The second-order valence-electron chi connectivity index (χ2n) is 7.20. The van der Waals surface area contributed by atoms with Crippen LogP contribution < -0.4 is 11.1 Å². The van der Waals surface area contributed by atoms with Crippen molar-refractivity contribution < 1.29 is 9.90 Å². The van der Waals surface area contributed by atoms with Crippen LogP contribution in [0.4, 0.5) is 0 Å². The zero-order chi connectivity index (χ0) is 19.7. The van der Waals surface area contributed by atoms with E-state index >= 15 is 0 Å². The number of carbonyl (C=O) groups excluding carboxylic acids is 1. The monoisotopic (exact) mass is 379 g/mol. The second-order valence-corrected chi connectivity index (χ2v) is 7.20. The molecule has 2 heterocycles. The maximum Gasteiger partial charge on any atom is 0.266 e. The summed E-state index contributed by atoms with van der Waals surface area (Å²) in [5.74, 6) is -0.316. The Morgan fingerprint density at radius 3 is 2.64 bits per heavy atom. The van der Waals surface area contributed by atoms with Gasteiger partial charge in [0.05, 0.1) is 12.5 Å². The zero-order valence-electron chi connectivity index (χ0n) is 15.2. The Kier molecular flexibility index (Phi) is 4.83. The number of aromatic amines is 2. The van der Waals surface area contributed by atoms with E-state index in [2.05, 4.69) is 16.3 Å². The van der Waals surface area contributed by atoms with Gasteiger partial charge in [-0.25, -0.2) is 0 Å². The summed E-state index contributed by atoms with van der Waals surface area (Å²) in [4.78, 5) is 37.2. The molecule has 4 rings (SSSR count). The van der Waals surface area contributed by atoms with Gasteiger partial charge in [-0.05, 0) is 22.8 Å². The van der Waals surface area contributed by atoms with Gasteiger partial charge in [-0.15, -0.1) is 0 Å². The SMILES string of the molecule is O=C(Cc1cc(=O)[nH][nH]c1=O)N1CC[C@@H](c2ccc3ccccc3c2)[C@H](O)C1. The smallest absolute Gasteiger partial charge is 0.266 e. The molecule has 0 aliphatic carbocycles. The summed E-state index contributed by atoms with van der Waals surface area (Å²) in [6.45, 7) is 0.700. The minimum absolute atomic E-state index is 0.0448. The first-order valence-electron chi connectivity index (χ1n) is 9.26. The van der Waals surface area contributed by atoms with E-state index < -0.39 is 17.2 Å². The Balaban J connectivity index is 1.47. The number of hydrogen-bond acceptors (Lipinski definition) is 4. The third kappa shape index (κ3) is 3.61. The van der Waals surface area contributed by atoms with Crippen molar-refractivity contribution in [2.75, 3.05) is 13.1 Å². The highest BCUT2D eigenvalue weighted by molar-refractivity contribution is 5.83. The van der Waals surface area contributed by atoms with Crippen molar-refractivity contribution in [1.29, 1.82) is 0 Å². The molecule has 3 aromatic rings. The Morgan fingerprint density at radius 2 is 1.86 bits per heavy atom. The predicted octanol–water partition coefficient (Wildman–Crippen LogP) is 1.14. The van der Waals surface area contributed by atoms with Crippen molar-refractivity contribution in [2.24, 2.45) is 0 Å². The van der Waals surface area contributed by atoms with Gasteiger partial charge in [0.15, 0.2) is 0 Å². The fourth-order valence-electron chi connectivity index (χ4n) is 3.85. The molecule has 28 heavy (non-hydrogen) atoms. The first-order chi connectivity index (χ1) is 13.5. The van der Waals surface area contributed by atoms with Crippen LogP contribution in [-0.4, -0.2) is 45.3 Å². The van der Waals surface area contributed by atoms with Gasteiger partial charge in [0.25, 0.3) is 11.1 Å². The van der Waals surface area contributed by atoms with Gasteiger partial charge in [0.1, 0.15) is 0 Å². The molecule has 144 valence electrons. The lowest BCUT2D eigenvalue weighted by atomic mass is 9.86. The van der Waals surface area contributed by atoms with Crippen LogP contribution in [0.3, 0.4) is 0 Å². The van der Waals surface area contributed by atoms with Crippen LogP contribution >= 0.6 is 0 Å². The molecule has 0 saturated carbocycles. The van der Waals surface area contributed by atoms with Gasteiger partial charge in [-0.2, -0.15) is 0 Å². The first-order valence-corrected chi connectivity index (χ1v) is 9.26. The molecule has 0 radical (unpaired) electrons. The molecular formula is C21H21N3O4. The van der Waals surface area contributed by atoms with Crippen LogP contribution in [0.25, 0.3) is 10.8 Å². The van der Waals surface area contributed by atoms with Crippen LogP contribution in [-0.2, 0) is 11.2 Å². The molecule has 0 bridgehead atoms. The molecule has 3 N–H and O–H groups in total. The molecule has 1 amide bonds. The third-order valence-electron chi connectivity index (χ3n) is 5.37. The Morgan fingerprint density at radius 1 is 1.07 bits per heavy atom. The molecular weight excluding hydrogens is 358 g/mol. The molecule has 1 aliphatic rings. The van der Waals surface area contributed by atoms with E-state index in [1.165, 1.54) is 0 Å². The van der Waals surface area contributed by atoms with E-state index in [-0.39, 0.29) is 30.4 Å². The lowest BCUT2D eigenvalue weighted by Crippen LogP contribution is -2.46.